The second kappa shape index (κ2) is 8.95. The topological polar surface area (TPSA) is 49.3 Å². The first-order valence-electron chi connectivity index (χ1n) is 6.35. The van der Waals surface area contributed by atoms with E-state index in [1.54, 1.807) is 6.07 Å². The molecule has 1 rings (SSSR count). The molecule has 1 aromatic carbocycles. The number of nitrogens with one attached hydrogen (secondary N) is 1. The van der Waals surface area contributed by atoms with Crippen molar-refractivity contribution in [3.05, 3.63) is 34.9 Å². The Morgan fingerprint density at radius 2 is 1.89 bits per heavy atom. The SMILES string of the molecule is O=C(Cc1ccccc1Cl)NCCCCCCO. The summed E-state index contributed by atoms with van der Waals surface area (Å²) in [5.41, 5.74) is 0.858. The summed E-state index contributed by atoms with van der Waals surface area (Å²) in [6.45, 7) is 0.938. The van der Waals surface area contributed by atoms with Crippen LogP contribution in [0.2, 0.25) is 5.02 Å². The molecule has 1 amide bonds. The molecular weight excluding hydrogens is 250 g/mol. The molecular formula is C14H20ClNO2. The number of halogens is 1. The number of benzene rings is 1. The van der Waals surface area contributed by atoms with Gasteiger partial charge in [-0.05, 0) is 24.5 Å². The zero-order chi connectivity index (χ0) is 13.2. The van der Waals surface area contributed by atoms with Crippen LogP contribution >= 0.6 is 11.6 Å². The summed E-state index contributed by atoms with van der Waals surface area (Å²) in [5.74, 6) is 0.00487. The Labute approximate surface area is 113 Å². The average molecular weight is 270 g/mol. The smallest absolute Gasteiger partial charge is 0.224 e. The van der Waals surface area contributed by atoms with Gasteiger partial charge in [-0.15, -0.1) is 0 Å². The Morgan fingerprint density at radius 1 is 1.17 bits per heavy atom. The van der Waals surface area contributed by atoms with Crippen molar-refractivity contribution in [1.82, 2.24) is 5.32 Å². The lowest BCUT2D eigenvalue weighted by Gasteiger charge is -2.06. The average Bonchev–Trinajstić information content (AvgIpc) is 2.36. The molecule has 0 aromatic heterocycles. The van der Waals surface area contributed by atoms with Crippen LogP contribution < -0.4 is 5.32 Å². The third kappa shape index (κ3) is 6.03. The highest BCUT2D eigenvalue weighted by Crippen LogP contribution is 2.15. The van der Waals surface area contributed by atoms with Gasteiger partial charge in [0.15, 0.2) is 0 Å². The molecule has 1 aromatic rings. The Bertz CT molecular complexity index is 369. The molecule has 0 radical (unpaired) electrons. The minimum absolute atomic E-state index is 0.00487. The summed E-state index contributed by atoms with van der Waals surface area (Å²) in [7, 11) is 0. The molecule has 4 heteroatoms. The fourth-order valence-corrected chi connectivity index (χ4v) is 1.90. The molecule has 0 atom stereocenters. The molecule has 100 valence electrons. The van der Waals surface area contributed by atoms with Crippen LogP contribution in [0.25, 0.3) is 0 Å². The molecule has 0 bridgehead atoms. The number of unbranched alkanes of at least 4 members (excludes halogenated alkanes) is 3. The van der Waals surface area contributed by atoms with Gasteiger partial charge in [-0.3, -0.25) is 4.79 Å². The van der Waals surface area contributed by atoms with Crippen LogP contribution in [-0.2, 0) is 11.2 Å². The standard InChI is InChI=1S/C14H20ClNO2/c15-13-8-4-3-7-12(13)11-14(18)16-9-5-1-2-6-10-17/h3-4,7-8,17H,1-2,5-6,9-11H2,(H,16,18). The van der Waals surface area contributed by atoms with Crippen molar-refractivity contribution in [2.45, 2.75) is 32.1 Å². The largest absolute Gasteiger partial charge is 0.396 e. The predicted molar refractivity (Wildman–Crippen MR) is 73.7 cm³/mol. The van der Waals surface area contributed by atoms with E-state index in [2.05, 4.69) is 5.32 Å². The molecule has 0 aliphatic heterocycles. The van der Waals surface area contributed by atoms with Crippen LogP contribution in [0, 0.1) is 0 Å². The summed E-state index contributed by atoms with van der Waals surface area (Å²) < 4.78 is 0. The minimum atomic E-state index is 0.00487. The molecule has 0 unspecified atom stereocenters. The van der Waals surface area contributed by atoms with Crippen LogP contribution in [-0.4, -0.2) is 24.2 Å². The maximum Gasteiger partial charge on any atom is 0.224 e. The second-order valence-electron chi connectivity index (χ2n) is 4.26. The molecule has 3 nitrogen and oxygen atoms in total. The van der Waals surface area contributed by atoms with Crippen molar-refractivity contribution in [2.75, 3.05) is 13.2 Å². The van der Waals surface area contributed by atoms with Crippen LogP contribution in [0.5, 0.6) is 0 Å². The van der Waals surface area contributed by atoms with Crippen molar-refractivity contribution >= 4 is 17.5 Å². The van der Waals surface area contributed by atoms with E-state index in [9.17, 15) is 4.79 Å². The van der Waals surface area contributed by atoms with Gasteiger partial charge < -0.3 is 10.4 Å². The molecule has 0 fully saturated rings. The summed E-state index contributed by atoms with van der Waals surface area (Å²) in [6, 6.07) is 7.39. The van der Waals surface area contributed by atoms with E-state index in [1.165, 1.54) is 0 Å². The highest BCUT2D eigenvalue weighted by molar-refractivity contribution is 6.31. The number of aliphatic hydroxyl groups is 1. The van der Waals surface area contributed by atoms with E-state index in [1.807, 2.05) is 18.2 Å². The summed E-state index contributed by atoms with van der Waals surface area (Å²) in [4.78, 5) is 11.6. The lowest BCUT2D eigenvalue weighted by molar-refractivity contribution is -0.120. The molecule has 0 aliphatic rings. The first-order chi connectivity index (χ1) is 8.74. The Balaban J connectivity index is 2.16. The van der Waals surface area contributed by atoms with Gasteiger partial charge in [0.05, 0.1) is 6.42 Å². The maximum absolute atomic E-state index is 11.6. The van der Waals surface area contributed by atoms with E-state index >= 15 is 0 Å². The minimum Gasteiger partial charge on any atom is -0.396 e. The first kappa shape index (κ1) is 15.0. The monoisotopic (exact) mass is 269 g/mol. The van der Waals surface area contributed by atoms with Gasteiger partial charge in [-0.1, -0.05) is 42.6 Å². The highest BCUT2D eigenvalue weighted by atomic mass is 35.5. The van der Waals surface area contributed by atoms with Crippen molar-refractivity contribution in [1.29, 1.82) is 0 Å². The third-order valence-corrected chi connectivity index (χ3v) is 3.08. The zero-order valence-corrected chi connectivity index (χ0v) is 11.2. The molecule has 0 heterocycles. The highest BCUT2D eigenvalue weighted by Gasteiger charge is 2.05. The van der Waals surface area contributed by atoms with E-state index < -0.39 is 0 Å². The number of carbonyl (C=O) groups excluding carboxylic acids is 1. The Kier molecular flexibility index (Phi) is 7.46. The molecule has 2 N–H and O–H groups in total. The summed E-state index contributed by atoms with van der Waals surface area (Å²) in [5, 5.41) is 12.1. The molecule has 0 saturated carbocycles. The first-order valence-corrected chi connectivity index (χ1v) is 6.73. The number of hydrogen-bond acceptors (Lipinski definition) is 2. The molecule has 0 spiro atoms. The van der Waals surface area contributed by atoms with E-state index in [0.29, 0.717) is 18.0 Å². The summed E-state index contributed by atoms with van der Waals surface area (Å²) >= 11 is 5.98. The van der Waals surface area contributed by atoms with Crippen LogP contribution in [0.3, 0.4) is 0 Å². The second-order valence-corrected chi connectivity index (χ2v) is 4.66. The molecule has 0 aliphatic carbocycles. The Morgan fingerprint density at radius 3 is 2.61 bits per heavy atom. The summed E-state index contributed by atoms with van der Waals surface area (Å²) in [6.07, 6.45) is 4.17. The van der Waals surface area contributed by atoms with Gasteiger partial charge in [-0.25, -0.2) is 0 Å². The van der Waals surface area contributed by atoms with E-state index in [-0.39, 0.29) is 12.5 Å². The number of aliphatic hydroxyl groups excluding tert-OH is 1. The molecule has 0 saturated heterocycles. The normalized spacial score (nSPS) is 10.3. The van der Waals surface area contributed by atoms with Crippen molar-refractivity contribution in [3.63, 3.8) is 0 Å². The fourth-order valence-electron chi connectivity index (χ4n) is 1.70. The molecule has 18 heavy (non-hydrogen) atoms. The number of hydrogen-bond donors (Lipinski definition) is 2. The van der Waals surface area contributed by atoms with Crippen LogP contribution in [0.15, 0.2) is 24.3 Å². The van der Waals surface area contributed by atoms with E-state index in [4.69, 9.17) is 16.7 Å². The third-order valence-electron chi connectivity index (χ3n) is 2.72. The van der Waals surface area contributed by atoms with Gasteiger partial charge in [0.25, 0.3) is 0 Å². The lowest BCUT2D eigenvalue weighted by atomic mass is 10.1. The number of amides is 1. The maximum atomic E-state index is 11.6. The van der Waals surface area contributed by atoms with Gasteiger partial charge in [0, 0.05) is 18.2 Å². The quantitative estimate of drug-likeness (QED) is 0.713. The number of rotatable bonds is 8. The lowest BCUT2D eigenvalue weighted by Crippen LogP contribution is -2.26. The van der Waals surface area contributed by atoms with Crippen molar-refractivity contribution in [2.24, 2.45) is 0 Å². The van der Waals surface area contributed by atoms with Crippen molar-refractivity contribution < 1.29 is 9.90 Å². The fraction of sp³-hybridized carbons (Fsp3) is 0.500. The van der Waals surface area contributed by atoms with Crippen molar-refractivity contribution in [3.8, 4) is 0 Å². The number of carbonyl (C=O) groups is 1. The zero-order valence-electron chi connectivity index (χ0n) is 10.5. The van der Waals surface area contributed by atoms with Crippen LogP contribution in [0.1, 0.15) is 31.2 Å². The van der Waals surface area contributed by atoms with Gasteiger partial charge in [0.1, 0.15) is 0 Å². The predicted octanol–water partition coefficient (Wildman–Crippen LogP) is 2.55. The van der Waals surface area contributed by atoms with Gasteiger partial charge >= 0.3 is 0 Å². The Hall–Kier alpha value is -1.06. The van der Waals surface area contributed by atoms with Gasteiger partial charge in [-0.2, -0.15) is 0 Å². The van der Waals surface area contributed by atoms with Gasteiger partial charge in [0.2, 0.25) is 5.91 Å². The van der Waals surface area contributed by atoms with Crippen LogP contribution in [0.4, 0.5) is 0 Å². The van der Waals surface area contributed by atoms with E-state index in [0.717, 1.165) is 31.2 Å².